The van der Waals surface area contributed by atoms with Gasteiger partial charge in [0, 0.05) is 29.1 Å². The quantitative estimate of drug-likeness (QED) is 0.729. The molecule has 0 bridgehead atoms. The second-order valence-corrected chi connectivity index (χ2v) is 5.43. The fourth-order valence-corrected chi connectivity index (χ4v) is 2.23. The molecular formula is C15H13BrN6. The average Bonchev–Trinajstić information content (AvgIpc) is 2.54. The third-order valence-corrected chi connectivity index (χ3v) is 3.33. The molecule has 3 rings (SSSR count). The molecule has 0 amide bonds. The van der Waals surface area contributed by atoms with Crippen molar-refractivity contribution in [1.29, 1.82) is 0 Å². The van der Waals surface area contributed by atoms with E-state index in [1.54, 1.807) is 12.4 Å². The van der Waals surface area contributed by atoms with Crippen LogP contribution in [0.25, 0.3) is 0 Å². The third-order valence-electron chi connectivity index (χ3n) is 2.84. The van der Waals surface area contributed by atoms with E-state index in [9.17, 15) is 0 Å². The molecule has 22 heavy (non-hydrogen) atoms. The summed E-state index contributed by atoms with van der Waals surface area (Å²) < 4.78 is 0.983. The SMILES string of the molecule is Brc1cccc(Nc2nncc(NCc3cccnc3)n2)c1. The van der Waals surface area contributed by atoms with Crippen molar-refractivity contribution in [3.8, 4) is 0 Å². The Morgan fingerprint density at radius 1 is 1.09 bits per heavy atom. The zero-order valence-electron chi connectivity index (χ0n) is 11.6. The molecule has 2 heterocycles. The molecule has 0 saturated heterocycles. The molecule has 0 saturated carbocycles. The molecule has 0 aliphatic heterocycles. The first kappa shape index (κ1) is 14.4. The molecule has 0 aliphatic carbocycles. The van der Waals surface area contributed by atoms with E-state index in [2.05, 4.69) is 46.7 Å². The fourth-order valence-electron chi connectivity index (χ4n) is 1.83. The molecule has 0 unspecified atom stereocenters. The summed E-state index contributed by atoms with van der Waals surface area (Å²) in [7, 11) is 0. The van der Waals surface area contributed by atoms with Crippen LogP contribution in [0.1, 0.15) is 5.56 Å². The van der Waals surface area contributed by atoms with Crippen molar-refractivity contribution in [3.63, 3.8) is 0 Å². The minimum absolute atomic E-state index is 0.439. The van der Waals surface area contributed by atoms with Gasteiger partial charge in [0.2, 0.25) is 5.95 Å². The molecule has 2 N–H and O–H groups in total. The van der Waals surface area contributed by atoms with Gasteiger partial charge in [-0.15, -0.1) is 5.10 Å². The first-order valence-corrected chi connectivity index (χ1v) is 7.44. The summed E-state index contributed by atoms with van der Waals surface area (Å²) in [6.07, 6.45) is 5.14. The summed E-state index contributed by atoms with van der Waals surface area (Å²) >= 11 is 3.43. The molecule has 1 aromatic carbocycles. The number of nitrogens with zero attached hydrogens (tertiary/aromatic N) is 4. The Morgan fingerprint density at radius 3 is 2.86 bits per heavy atom. The van der Waals surface area contributed by atoms with Gasteiger partial charge in [0.05, 0.1) is 6.20 Å². The summed E-state index contributed by atoms with van der Waals surface area (Å²) in [6, 6.07) is 11.7. The van der Waals surface area contributed by atoms with E-state index in [4.69, 9.17) is 0 Å². The molecule has 0 fully saturated rings. The van der Waals surface area contributed by atoms with E-state index >= 15 is 0 Å². The number of halogens is 1. The molecular weight excluding hydrogens is 344 g/mol. The van der Waals surface area contributed by atoms with Crippen molar-refractivity contribution < 1.29 is 0 Å². The topological polar surface area (TPSA) is 75.6 Å². The molecule has 110 valence electrons. The lowest BCUT2D eigenvalue weighted by molar-refractivity contribution is 0.964. The highest BCUT2D eigenvalue weighted by atomic mass is 79.9. The number of nitrogens with one attached hydrogen (secondary N) is 2. The molecule has 0 aliphatic rings. The van der Waals surface area contributed by atoms with Crippen LogP contribution in [0, 0.1) is 0 Å². The summed E-state index contributed by atoms with van der Waals surface area (Å²) in [6.45, 7) is 0.628. The third kappa shape index (κ3) is 3.98. The van der Waals surface area contributed by atoms with Gasteiger partial charge in [-0.3, -0.25) is 4.98 Å². The zero-order chi connectivity index (χ0) is 15.2. The van der Waals surface area contributed by atoms with Crippen LogP contribution in [0.3, 0.4) is 0 Å². The average molecular weight is 357 g/mol. The number of hydrogen-bond acceptors (Lipinski definition) is 6. The van der Waals surface area contributed by atoms with Crippen LogP contribution in [-0.4, -0.2) is 20.2 Å². The summed E-state index contributed by atoms with van der Waals surface area (Å²) in [5, 5.41) is 14.2. The van der Waals surface area contributed by atoms with Gasteiger partial charge in [0.15, 0.2) is 5.82 Å². The van der Waals surface area contributed by atoms with Crippen molar-refractivity contribution in [2.75, 3.05) is 10.6 Å². The first-order valence-electron chi connectivity index (χ1n) is 6.65. The van der Waals surface area contributed by atoms with Gasteiger partial charge in [-0.2, -0.15) is 10.1 Å². The maximum Gasteiger partial charge on any atom is 0.249 e. The van der Waals surface area contributed by atoms with Gasteiger partial charge in [0.1, 0.15) is 0 Å². The first-order chi connectivity index (χ1) is 10.8. The van der Waals surface area contributed by atoms with E-state index in [1.165, 1.54) is 0 Å². The predicted molar refractivity (Wildman–Crippen MR) is 88.8 cm³/mol. The lowest BCUT2D eigenvalue weighted by Crippen LogP contribution is -2.05. The van der Waals surface area contributed by atoms with Crippen LogP contribution in [0.2, 0.25) is 0 Å². The van der Waals surface area contributed by atoms with E-state index < -0.39 is 0 Å². The Kier molecular flexibility index (Phi) is 4.55. The van der Waals surface area contributed by atoms with Crippen molar-refractivity contribution in [2.24, 2.45) is 0 Å². The van der Waals surface area contributed by atoms with Gasteiger partial charge in [-0.1, -0.05) is 28.1 Å². The molecule has 0 atom stereocenters. The van der Waals surface area contributed by atoms with Crippen molar-refractivity contribution in [1.82, 2.24) is 20.2 Å². The summed E-state index contributed by atoms with van der Waals surface area (Å²) in [5.41, 5.74) is 1.96. The maximum atomic E-state index is 4.38. The Labute approximate surface area is 136 Å². The minimum Gasteiger partial charge on any atom is -0.364 e. The lowest BCUT2D eigenvalue weighted by atomic mass is 10.3. The number of aromatic nitrogens is 4. The highest BCUT2D eigenvalue weighted by molar-refractivity contribution is 9.10. The van der Waals surface area contributed by atoms with Crippen molar-refractivity contribution in [3.05, 3.63) is 65.0 Å². The monoisotopic (exact) mass is 356 g/mol. The maximum absolute atomic E-state index is 4.38. The van der Waals surface area contributed by atoms with Gasteiger partial charge in [-0.05, 0) is 29.8 Å². The van der Waals surface area contributed by atoms with E-state index in [1.807, 2.05) is 42.6 Å². The van der Waals surface area contributed by atoms with Crippen molar-refractivity contribution >= 4 is 33.4 Å². The molecule has 0 spiro atoms. The van der Waals surface area contributed by atoms with Crippen LogP contribution < -0.4 is 10.6 Å². The fraction of sp³-hybridized carbons (Fsp3) is 0.0667. The van der Waals surface area contributed by atoms with Gasteiger partial charge in [-0.25, -0.2) is 0 Å². The van der Waals surface area contributed by atoms with Crippen LogP contribution in [0.4, 0.5) is 17.5 Å². The normalized spacial score (nSPS) is 10.2. The Hall–Kier alpha value is -2.54. The Morgan fingerprint density at radius 2 is 2.05 bits per heavy atom. The van der Waals surface area contributed by atoms with Gasteiger partial charge >= 0.3 is 0 Å². The Bertz CT molecular complexity index is 750. The lowest BCUT2D eigenvalue weighted by Gasteiger charge is -2.07. The molecule has 3 aromatic rings. The van der Waals surface area contributed by atoms with Gasteiger partial charge in [0.25, 0.3) is 0 Å². The molecule has 6 nitrogen and oxygen atoms in total. The number of pyridine rings is 1. The van der Waals surface area contributed by atoms with Crippen LogP contribution in [0.5, 0.6) is 0 Å². The standard InChI is InChI=1S/C15H13BrN6/c16-12-4-1-5-13(7-12)20-15-21-14(10-19-22-15)18-9-11-3-2-6-17-8-11/h1-8,10H,9H2,(H2,18,20,21,22). The number of rotatable bonds is 5. The van der Waals surface area contributed by atoms with Gasteiger partial charge < -0.3 is 10.6 Å². The number of anilines is 3. The van der Waals surface area contributed by atoms with Crippen LogP contribution >= 0.6 is 15.9 Å². The van der Waals surface area contributed by atoms with Crippen LogP contribution in [0.15, 0.2) is 59.5 Å². The molecule has 0 radical (unpaired) electrons. The number of hydrogen-bond donors (Lipinski definition) is 2. The second kappa shape index (κ2) is 6.95. The van der Waals surface area contributed by atoms with Crippen LogP contribution in [-0.2, 0) is 6.54 Å². The minimum atomic E-state index is 0.439. The van der Waals surface area contributed by atoms with Crippen molar-refractivity contribution in [2.45, 2.75) is 6.54 Å². The largest absolute Gasteiger partial charge is 0.364 e. The molecule has 2 aromatic heterocycles. The zero-order valence-corrected chi connectivity index (χ0v) is 13.2. The summed E-state index contributed by atoms with van der Waals surface area (Å²) in [4.78, 5) is 8.45. The van der Waals surface area contributed by atoms with E-state index in [-0.39, 0.29) is 0 Å². The smallest absolute Gasteiger partial charge is 0.249 e. The predicted octanol–water partition coefficient (Wildman–Crippen LogP) is 3.38. The number of benzene rings is 1. The highest BCUT2D eigenvalue weighted by Crippen LogP contribution is 2.18. The highest BCUT2D eigenvalue weighted by Gasteiger charge is 2.02. The second-order valence-electron chi connectivity index (χ2n) is 4.52. The van der Waals surface area contributed by atoms with E-state index in [0.29, 0.717) is 18.3 Å². The summed E-state index contributed by atoms with van der Waals surface area (Å²) in [5.74, 6) is 1.09. The van der Waals surface area contributed by atoms with E-state index in [0.717, 1.165) is 15.7 Å². The Balaban J connectivity index is 1.67. The molecule has 7 heteroatoms.